The summed E-state index contributed by atoms with van der Waals surface area (Å²) in [7, 11) is -0.760. The SMILES string of the molecule is CCOC(OCC)O[SiH2]Cc1ccc(F)cc1. The summed E-state index contributed by atoms with van der Waals surface area (Å²) in [5.41, 5.74) is 1.09. The molecular weight excluding hydrogens is 239 g/mol. The minimum Gasteiger partial charge on any atom is -0.378 e. The summed E-state index contributed by atoms with van der Waals surface area (Å²) >= 11 is 0. The van der Waals surface area contributed by atoms with Gasteiger partial charge in [0, 0.05) is 13.2 Å². The zero-order valence-corrected chi connectivity index (χ0v) is 11.7. The highest BCUT2D eigenvalue weighted by molar-refractivity contribution is 6.26. The van der Waals surface area contributed by atoms with Gasteiger partial charge in [-0.2, -0.15) is 0 Å². The third-order valence-electron chi connectivity index (χ3n) is 2.16. The summed E-state index contributed by atoms with van der Waals surface area (Å²) in [6.07, 6.45) is 0. The Morgan fingerprint density at radius 1 is 1.12 bits per heavy atom. The Morgan fingerprint density at radius 3 is 2.24 bits per heavy atom. The molecule has 0 aliphatic heterocycles. The van der Waals surface area contributed by atoms with Crippen LogP contribution in [0.15, 0.2) is 24.3 Å². The first-order chi connectivity index (χ1) is 8.26. The first kappa shape index (κ1) is 14.3. The fraction of sp³-hybridized carbons (Fsp3) is 0.500. The lowest BCUT2D eigenvalue weighted by molar-refractivity contribution is -0.243. The molecular formula is C12H19FO3Si. The number of hydrogen-bond acceptors (Lipinski definition) is 3. The Balaban J connectivity index is 2.27. The molecule has 0 saturated carbocycles. The van der Waals surface area contributed by atoms with E-state index in [2.05, 4.69) is 0 Å². The highest BCUT2D eigenvalue weighted by Gasteiger charge is 2.07. The highest BCUT2D eigenvalue weighted by atomic mass is 28.2. The van der Waals surface area contributed by atoms with Gasteiger partial charge < -0.3 is 13.9 Å². The second-order valence-corrected chi connectivity index (χ2v) is 4.69. The van der Waals surface area contributed by atoms with Crippen molar-refractivity contribution in [2.75, 3.05) is 13.2 Å². The standard InChI is InChI=1S/C12H19FO3Si/c1-3-14-12(15-4-2)16-17-9-10-5-7-11(13)8-6-10/h5-8,12H,3-4,9,17H2,1-2H3. The number of benzene rings is 1. The molecule has 1 aromatic carbocycles. The van der Waals surface area contributed by atoms with Crippen LogP contribution in [0, 0.1) is 5.82 Å². The molecule has 17 heavy (non-hydrogen) atoms. The third kappa shape index (κ3) is 5.93. The smallest absolute Gasteiger partial charge is 0.261 e. The quantitative estimate of drug-likeness (QED) is 0.525. The monoisotopic (exact) mass is 258 g/mol. The Labute approximate surface area is 104 Å². The van der Waals surface area contributed by atoms with Gasteiger partial charge in [0.15, 0.2) is 9.76 Å². The maximum Gasteiger partial charge on any atom is 0.261 e. The van der Waals surface area contributed by atoms with E-state index in [0.717, 1.165) is 11.6 Å². The molecule has 0 spiro atoms. The molecule has 0 saturated heterocycles. The number of rotatable bonds is 8. The van der Waals surface area contributed by atoms with Gasteiger partial charge in [-0.05, 0) is 37.6 Å². The maximum absolute atomic E-state index is 12.7. The van der Waals surface area contributed by atoms with Crippen LogP contribution in [0.3, 0.4) is 0 Å². The van der Waals surface area contributed by atoms with E-state index >= 15 is 0 Å². The predicted octanol–water partition coefficient (Wildman–Crippen LogP) is 1.78. The first-order valence-corrected chi connectivity index (χ1v) is 7.43. The lowest BCUT2D eigenvalue weighted by atomic mass is 10.2. The van der Waals surface area contributed by atoms with E-state index in [1.54, 1.807) is 12.1 Å². The topological polar surface area (TPSA) is 27.7 Å². The second kappa shape index (κ2) is 8.35. The predicted molar refractivity (Wildman–Crippen MR) is 66.8 cm³/mol. The van der Waals surface area contributed by atoms with Crippen LogP contribution in [0.25, 0.3) is 0 Å². The van der Waals surface area contributed by atoms with Gasteiger partial charge in [-0.25, -0.2) is 4.39 Å². The van der Waals surface area contributed by atoms with E-state index in [9.17, 15) is 4.39 Å². The van der Waals surface area contributed by atoms with Crippen LogP contribution in [0.1, 0.15) is 19.4 Å². The molecule has 1 rings (SSSR count). The Hall–Kier alpha value is -0.753. The van der Waals surface area contributed by atoms with Crippen molar-refractivity contribution in [3.05, 3.63) is 35.6 Å². The van der Waals surface area contributed by atoms with Gasteiger partial charge in [0.2, 0.25) is 0 Å². The van der Waals surface area contributed by atoms with Crippen molar-refractivity contribution in [3.63, 3.8) is 0 Å². The Kier molecular flexibility index (Phi) is 7.03. The fourth-order valence-electron chi connectivity index (χ4n) is 1.34. The minimum absolute atomic E-state index is 0.210. The van der Waals surface area contributed by atoms with Crippen LogP contribution in [0.4, 0.5) is 4.39 Å². The van der Waals surface area contributed by atoms with Crippen molar-refractivity contribution in [2.24, 2.45) is 0 Å². The molecule has 0 amide bonds. The molecule has 0 aliphatic rings. The summed E-state index contributed by atoms with van der Waals surface area (Å²) in [6.45, 7) is 4.39. The van der Waals surface area contributed by atoms with Crippen molar-refractivity contribution in [2.45, 2.75) is 26.4 Å². The van der Waals surface area contributed by atoms with E-state index < -0.39 is 16.2 Å². The van der Waals surface area contributed by atoms with Crippen LogP contribution in [0.2, 0.25) is 0 Å². The van der Waals surface area contributed by atoms with Gasteiger partial charge in [0.25, 0.3) is 6.48 Å². The maximum atomic E-state index is 12.7. The van der Waals surface area contributed by atoms with Crippen LogP contribution < -0.4 is 0 Å². The van der Waals surface area contributed by atoms with Crippen molar-refractivity contribution in [1.29, 1.82) is 0 Å². The summed E-state index contributed by atoms with van der Waals surface area (Å²) < 4.78 is 28.8. The highest BCUT2D eigenvalue weighted by Crippen LogP contribution is 2.04. The van der Waals surface area contributed by atoms with Crippen molar-refractivity contribution in [3.8, 4) is 0 Å². The second-order valence-electron chi connectivity index (χ2n) is 3.45. The van der Waals surface area contributed by atoms with Crippen LogP contribution >= 0.6 is 0 Å². The normalized spacial score (nSPS) is 11.8. The van der Waals surface area contributed by atoms with Gasteiger partial charge in [0.05, 0.1) is 0 Å². The molecule has 0 radical (unpaired) electrons. The Morgan fingerprint density at radius 2 is 1.71 bits per heavy atom. The molecule has 0 N–H and O–H groups in total. The molecule has 0 heterocycles. The van der Waals surface area contributed by atoms with Gasteiger partial charge in [-0.15, -0.1) is 0 Å². The van der Waals surface area contributed by atoms with E-state index in [1.807, 2.05) is 13.8 Å². The fourth-order valence-corrected chi connectivity index (χ4v) is 2.41. The lowest BCUT2D eigenvalue weighted by Crippen LogP contribution is -2.23. The molecule has 0 aliphatic carbocycles. The summed E-state index contributed by atoms with van der Waals surface area (Å²) in [6, 6.07) is 7.33. The van der Waals surface area contributed by atoms with Gasteiger partial charge >= 0.3 is 0 Å². The van der Waals surface area contributed by atoms with Gasteiger partial charge in [-0.1, -0.05) is 12.1 Å². The van der Waals surface area contributed by atoms with Gasteiger partial charge in [0.1, 0.15) is 5.82 Å². The lowest BCUT2D eigenvalue weighted by Gasteiger charge is -2.17. The molecule has 3 nitrogen and oxygen atoms in total. The number of hydrogen-bond donors (Lipinski definition) is 0. The van der Waals surface area contributed by atoms with E-state index in [-0.39, 0.29) is 5.82 Å². The third-order valence-corrected chi connectivity index (χ3v) is 3.45. The van der Waals surface area contributed by atoms with Crippen LogP contribution in [0.5, 0.6) is 0 Å². The zero-order chi connectivity index (χ0) is 12.5. The molecule has 0 atom stereocenters. The van der Waals surface area contributed by atoms with Crippen LogP contribution in [-0.2, 0) is 19.9 Å². The van der Waals surface area contributed by atoms with E-state index in [1.165, 1.54) is 12.1 Å². The molecule has 1 aromatic rings. The first-order valence-electron chi connectivity index (χ1n) is 5.85. The van der Waals surface area contributed by atoms with Gasteiger partial charge in [-0.3, -0.25) is 0 Å². The molecule has 0 fully saturated rings. The van der Waals surface area contributed by atoms with Crippen molar-refractivity contribution in [1.82, 2.24) is 0 Å². The van der Waals surface area contributed by atoms with E-state index in [0.29, 0.717) is 13.2 Å². The number of ether oxygens (including phenoxy) is 2. The molecule has 0 aromatic heterocycles. The Bertz CT molecular complexity index is 299. The average molecular weight is 258 g/mol. The van der Waals surface area contributed by atoms with Crippen LogP contribution in [-0.4, -0.2) is 29.5 Å². The minimum atomic E-state index is -0.760. The van der Waals surface area contributed by atoms with Crippen molar-refractivity contribution < 1.29 is 18.3 Å². The summed E-state index contributed by atoms with van der Waals surface area (Å²) in [5.74, 6) is -0.210. The number of halogens is 1. The summed E-state index contributed by atoms with van der Waals surface area (Å²) in [5, 5.41) is 0. The largest absolute Gasteiger partial charge is 0.378 e. The average Bonchev–Trinajstić information content (AvgIpc) is 2.32. The molecule has 96 valence electrons. The van der Waals surface area contributed by atoms with Crippen molar-refractivity contribution >= 4 is 9.76 Å². The van der Waals surface area contributed by atoms with E-state index in [4.69, 9.17) is 13.9 Å². The molecule has 0 bridgehead atoms. The molecule has 5 heteroatoms. The zero-order valence-electron chi connectivity index (χ0n) is 10.3. The summed E-state index contributed by atoms with van der Waals surface area (Å²) in [4.78, 5) is 0. The molecule has 0 unspecified atom stereocenters.